The van der Waals surface area contributed by atoms with Gasteiger partial charge in [-0.1, -0.05) is 44.1 Å². The summed E-state index contributed by atoms with van der Waals surface area (Å²) in [6.07, 6.45) is 13.3. The lowest BCUT2D eigenvalue weighted by atomic mass is 9.79. The van der Waals surface area contributed by atoms with Gasteiger partial charge in [-0.2, -0.15) is 0 Å². The van der Waals surface area contributed by atoms with Gasteiger partial charge in [-0.3, -0.25) is 9.59 Å². The fourth-order valence-corrected chi connectivity index (χ4v) is 4.48. The highest BCUT2D eigenvalue weighted by Gasteiger charge is 2.47. The molecule has 2 saturated heterocycles. The number of amides is 1. The molecule has 0 unspecified atom stereocenters. The van der Waals surface area contributed by atoms with E-state index in [4.69, 9.17) is 22.1 Å². The summed E-state index contributed by atoms with van der Waals surface area (Å²) < 4.78 is 6.08. The quantitative estimate of drug-likeness (QED) is 0.224. The Kier molecular flexibility index (Phi) is 10.6. The van der Waals surface area contributed by atoms with Crippen LogP contribution in [0.25, 0.3) is 0 Å². The predicted molar refractivity (Wildman–Crippen MR) is 118 cm³/mol. The molecular weight excluding hydrogens is 388 g/mol. The van der Waals surface area contributed by atoms with Crippen molar-refractivity contribution in [1.29, 1.82) is 0 Å². The first-order valence-corrected chi connectivity index (χ1v) is 11.5. The first kappa shape index (κ1) is 23.8. The Morgan fingerprint density at radius 2 is 1.93 bits per heavy atom. The molecule has 4 atom stereocenters. The van der Waals surface area contributed by atoms with Crippen LogP contribution in [0.5, 0.6) is 0 Å². The number of unbranched alkanes of at least 4 members (excludes halogenated alkanes) is 4. The van der Waals surface area contributed by atoms with E-state index in [1.54, 1.807) is 0 Å². The van der Waals surface area contributed by atoms with Crippen molar-refractivity contribution in [2.45, 2.75) is 83.3 Å². The SMILES string of the molecule is CCCCCNC(=S)CC(=O)NC[C@@H]1[C@H](C=CCCCCC(=O)O)[C@@H]2CC[C@H]1O2. The van der Waals surface area contributed by atoms with E-state index in [1.807, 2.05) is 0 Å². The Morgan fingerprint density at radius 3 is 2.69 bits per heavy atom. The lowest BCUT2D eigenvalue weighted by Crippen LogP contribution is -2.39. The van der Waals surface area contributed by atoms with Crippen molar-refractivity contribution >= 4 is 29.1 Å². The Labute approximate surface area is 179 Å². The highest BCUT2D eigenvalue weighted by Crippen LogP contribution is 2.43. The second-order valence-electron chi connectivity index (χ2n) is 8.14. The molecule has 2 heterocycles. The van der Waals surface area contributed by atoms with Gasteiger partial charge >= 0.3 is 5.97 Å². The Morgan fingerprint density at radius 1 is 1.14 bits per heavy atom. The summed E-state index contributed by atoms with van der Waals surface area (Å²) in [7, 11) is 0. The van der Waals surface area contributed by atoms with Crippen molar-refractivity contribution in [3.05, 3.63) is 12.2 Å². The van der Waals surface area contributed by atoms with E-state index in [2.05, 4.69) is 29.7 Å². The molecule has 0 spiro atoms. The summed E-state index contributed by atoms with van der Waals surface area (Å²) in [5, 5.41) is 14.9. The maximum absolute atomic E-state index is 12.3. The third kappa shape index (κ3) is 8.42. The number of hydrogen-bond donors (Lipinski definition) is 3. The molecule has 0 aromatic rings. The summed E-state index contributed by atoms with van der Waals surface area (Å²) in [6.45, 7) is 3.61. The lowest BCUT2D eigenvalue weighted by molar-refractivity contribution is -0.137. The minimum atomic E-state index is -0.734. The van der Waals surface area contributed by atoms with Crippen LogP contribution in [0.1, 0.15) is 71.1 Å². The normalized spacial score (nSPS) is 25.4. The van der Waals surface area contributed by atoms with Crippen molar-refractivity contribution < 1.29 is 19.4 Å². The summed E-state index contributed by atoms with van der Waals surface area (Å²) >= 11 is 5.27. The fourth-order valence-electron chi connectivity index (χ4n) is 4.24. The molecule has 2 rings (SSSR count). The number of hydrogen-bond acceptors (Lipinski definition) is 4. The smallest absolute Gasteiger partial charge is 0.303 e. The van der Waals surface area contributed by atoms with Crippen LogP contribution in [0.15, 0.2) is 12.2 Å². The highest BCUT2D eigenvalue weighted by atomic mass is 32.1. The number of rotatable bonds is 14. The van der Waals surface area contributed by atoms with Gasteiger partial charge in [0.2, 0.25) is 5.91 Å². The predicted octanol–water partition coefficient (Wildman–Crippen LogP) is 3.59. The topological polar surface area (TPSA) is 87.7 Å². The molecule has 0 aromatic heterocycles. The van der Waals surface area contributed by atoms with E-state index >= 15 is 0 Å². The number of fused-ring (bicyclic) bond motifs is 2. The summed E-state index contributed by atoms with van der Waals surface area (Å²) in [6, 6.07) is 0. The third-order valence-electron chi connectivity index (χ3n) is 5.81. The molecule has 0 aromatic carbocycles. The number of aliphatic carboxylic acids is 1. The zero-order valence-electron chi connectivity index (χ0n) is 17.5. The zero-order valence-corrected chi connectivity index (χ0v) is 18.3. The zero-order chi connectivity index (χ0) is 21.1. The standard InChI is InChI=1S/C22H36N2O4S/c1-2-3-8-13-23-21(29)14-20(25)24-15-17-16(18-11-12-19(17)28-18)9-6-4-5-7-10-22(26)27/h6,9,16-19H,2-5,7-8,10-15H2,1H3,(H,23,29)(H,24,25)(H,26,27)/t16-,17+,18-,19+/m0/s1. The molecule has 6 nitrogen and oxygen atoms in total. The van der Waals surface area contributed by atoms with Crippen LogP contribution in [0.4, 0.5) is 0 Å². The maximum atomic E-state index is 12.3. The summed E-state index contributed by atoms with van der Waals surface area (Å²) in [5.74, 6) is -0.134. The van der Waals surface area contributed by atoms with Gasteiger partial charge in [0.25, 0.3) is 0 Å². The average molecular weight is 425 g/mol. The second-order valence-corrected chi connectivity index (χ2v) is 8.63. The number of ether oxygens (including phenoxy) is 1. The molecule has 3 N–H and O–H groups in total. The molecule has 1 amide bonds. The van der Waals surface area contributed by atoms with Gasteiger partial charge in [0.05, 0.1) is 23.6 Å². The molecule has 2 aliphatic heterocycles. The van der Waals surface area contributed by atoms with Crippen molar-refractivity contribution in [3.63, 3.8) is 0 Å². The molecule has 0 saturated carbocycles. The number of carboxylic acids is 1. The number of carbonyl (C=O) groups is 2. The van der Waals surface area contributed by atoms with Crippen LogP contribution in [-0.2, 0) is 14.3 Å². The van der Waals surface area contributed by atoms with E-state index in [-0.39, 0.29) is 31.0 Å². The van der Waals surface area contributed by atoms with Crippen LogP contribution in [0.2, 0.25) is 0 Å². The monoisotopic (exact) mass is 424 g/mol. The minimum absolute atomic E-state index is 0.0304. The molecule has 2 fully saturated rings. The fraction of sp³-hybridized carbons (Fsp3) is 0.773. The van der Waals surface area contributed by atoms with Gasteiger partial charge < -0.3 is 20.5 Å². The second kappa shape index (κ2) is 13.0. The maximum Gasteiger partial charge on any atom is 0.303 e. The molecule has 0 aliphatic carbocycles. The molecule has 29 heavy (non-hydrogen) atoms. The number of thiocarbonyl (C=S) groups is 1. The average Bonchev–Trinajstić information content (AvgIpc) is 3.28. The van der Waals surface area contributed by atoms with E-state index < -0.39 is 5.97 Å². The van der Waals surface area contributed by atoms with E-state index in [0.29, 0.717) is 29.8 Å². The summed E-state index contributed by atoms with van der Waals surface area (Å²) in [4.78, 5) is 23.4. The van der Waals surface area contributed by atoms with Crippen molar-refractivity contribution in [3.8, 4) is 0 Å². The molecule has 7 heteroatoms. The van der Waals surface area contributed by atoms with Crippen LogP contribution < -0.4 is 10.6 Å². The summed E-state index contributed by atoms with van der Waals surface area (Å²) in [5.41, 5.74) is 0. The Hall–Kier alpha value is -1.47. The van der Waals surface area contributed by atoms with E-state index in [9.17, 15) is 9.59 Å². The van der Waals surface area contributed by atoms with Gasteiger partial charge in [-0.25, -0.2) is 0 Å². The van der Waals surface area contributed by atoms with Crippen LogP contribution in [-0.4, -0.2) is 47.3 Å². The molecule has 164 valence electrons. The van der Waals surface area contributed by atoms with Crippen molar-refractivity contribution in [1.82, 2.24) is 10.6 Å². The Bertz CT molecular complexity index is 581. The number of nitrogens with one attached hydrogen (secondary N) is 2. The number of allylic oxidation sites excluding steroid dienone is 1. The highest BCUT2D eigenvalue weighted by molar-refractivity contribution is 7.80. The van der Waals surface area contributed by atoms with E-state index in [0.717, 1.165) is 38.6 Å². The molecular formula is C22H36N2O4S. The molecule has 0 radical (unpaired) electrons. The Balaban J connectivity index is 1.70. The van der Waals surface area contributed by atoms with Crippen LogP contribution in [0.3, 0.4) is 0 Å². The van der Waals surface area contributed by atoms with Crippen molar-refractivity contribution in [2.24, 2.45) is 11.8 Å². The van der Waals surface area contributed by atoms with Crippen LogP contribution >= 0.6 is 12.2 Å². The largest absolute Gasteiger partial charge is 0.481 e. The minimum Gasteiger partial charge on any atom is -0.481 e. The number of carboxylic acid groups (broad SMARTS) is 1. The van der Waals surface area contributed by atoms with Gasteiger partial charge in [-0.05, 0) is 38.5 Å². The van der Waals surface area contributed by atoms with Crippen molar-refractivity contribution in [2.75, 3.05) is 13.1 Å². The first-order chi connectivity index (χ1) is 14.0. The van der Waals surface area contributed by atoms with Gasteiger partial charge in [0, 0.05) is 31.3 Å². The first-order valence-electron chi connectivity index (χ1n) is 11.1. The lowest BCUT2D eigenvalue weighted by Gasteiger charge is -2.26. The third-order valence-corrected chi connectivity index (χ3v) is 6.10. The van der Waals surface area contributed by atoms with Gasteiger partial charge in [0.1, 0.15) is 0 Å². The van der Waals surface area contributed by atoms with Gasteiger partial charge in [0.15, 0.2) is 0 Å². The van der Waals surface area contributed by atoms with Gasteiger partial charge in [-0.15, -0.1) is 0 Å². The van der Waals surface area contributed by atoms with E-state index in [1.165, 1.54) is 12.8 Å². The molecule has 2 bridgehead atoms. The number of carbonyl (C=O) groups excluding carboxylic acids is 1. The van der Waals surface area contributed by atoms with Crippen LogP contribution in [0, 0.1) is 11.8 Å². The molecule has 2 aliphatic rings.